The van der Waals surface area contributed by atoms with E-state index >= 15 is 0 Å². The van der Waals surface area contributed by atoms with E-state index in [0.717, 1.165) is 42.8 Å². The van der Waals surface area contributed by atoms with Crippen LogP contribution >= 0.6 is 11.6 Å². The fraction of sp³-hybridized carbons (Fsp3) is 0.647. The predicted molar refractivity (Wildman–Crippen MR) is 85.4 cm³/mol. The van der Waals surface area contributed by atoms with E-state index in [1.807, 2.05) is 13.0 Å². The van der Waals surface area contributed by atoms with Crippen molar-refractivity contribution in [1.82, 2.24) is 5.32 Å². The first-order chi connectivity index (χ1) is 9.52. The monoisotopic (exact) mass is 295 g/mol. The molecule has 0 aromatic heterocycles. The topological polar surface area (TPSA) is 32.3 Å². The number of hydrogen-bond acceptors (Lipinski definition) is 2. The Labute approximate surface area is 127 Å². The van der Waals surface area contributed by atoms with Gasteiger partial charge in [0.2, 0.25) is 0 Å². The Balaban J connectivity index is 1.93. The van der Waals surface area contributed by atoms with Gasteiger partial charge in [0.25, 0.3) is 0 Å². The van der Waals surface area contributed by atoms with E-state index in [9.17, 15) is 5.11 Å². The first-order valence-electron chi connectivity index (χ1n) is 7.73. The van der Waals surface area contributed by atoms with Crippen LogP contribution in [0.4, 0.5) is 0 Å². The Morgan fingerprint density at radius 2 is 2.05 bits per heavy atom. The Morgan fingerprint density at radius 1 is 1.35 bits per heavy atom. The van der Waals surface area contributed by atoms with E-state index in [1.54, 1.807) is 0 Å². The molecule has 3 heteroatoms. The van der Waals surface area contributed by atoms with Crippen molar-refractivity contribution >= 4 is 11.6 Å². The third-order valence-electron chi connectivity index (χ3n) is 4.33. The molecule has 1 aromatic rings. The third-order valence-corrected chi connectivity index (χ3v) is 4.68. The van der Waals surface area contributed by atoms with Crippen molar-refractivity contribution in [1.29, 1.82) is 0 Å². The fourth-order valence-corrected chi connectivity index (χ4v) is 3.34. The van der Waals surface area contributed by atoms with Crippen molar-refractivity contribution < 1.29 is 5.11 Å². The van der Waals surface area contributed by atoms with Gasteiger partial charge in [-0.05, 0) is 62.8 Å². The summed E-state index contributed by atoms with van der Waals surface area (Å²) in [5.74, 6) is 0. The minimum absolute atomic E-state index is 0.573. The smallest absolute Gasteiger partial charge is 0.0689 e. The molecule has 0 radical (unpaired) electrons. The molecule has 0 atom stereocenters. The molecule has 1 saturated carbocycles. The number of benzene rings is 1. The highest BCUT2D eigenvalue weighted by atomic mass is 35.5. The van der Waals surface area contributed by atoms with Gasteiger partial charge in [0, 0.05) is 17.5 Å². The molecule has 0 bridgehead atoms. The van der Waals surface area contributed by atoms with E-state index in [2.05, 4.69) is 24.4 Å². The minimum atomic E-state index is -0.580. The van der Waals surface area contributed by atoms with E-state index in [1.165, 1.54) is 12.0 Å². The summed E-state index contributed by atoms with van der Waals surface area (Å²) in [6.07, 6.45) is 5.67. The molecule has 2 rings (SSSR count). The Morgan fingerprint density at radius 3 is 2.65 bits per heavy atom. The zero-order valence-corrected chi connectivity index (χ0v) is 13.3. The highest BCUT2D eigenvalue weighted by Crippen LogP contribution is 2.33. The molecule has 0 amide bonds. The number of halogens is 1. The average Bonchev–Trinajstić information content (AvgIpc) is 2.42. The van der Waals surface area contributed by atoms with Crippen LogP contribution in [0.15, 0.2) is 18.2 Å². The van der Waals surface area contributed by atoms with Crippen molar-refractivity contribution in [3.05, 3.63) is 34.3 Å². The van der Waals surface area contributed by atoms with Gasteiger partial charge < -0.3 is 10.4 Å². The average molecular weight is 296 g/mol. The van der Waals surface area contributed by atoms with Crippen LogP contribution in [0.3, 0.4) is 0 Å². The number of aliphatic hydroxyl groups is 1. The lowest BCUT2D eigenvalue weighted by Crippen LogP contribution is -2.42. The van der Waals surface area contributed by atoms with Crippen molar-refractivity contribution in [3.63, 3.8) is 0 Å². The molecule has 0 heterocycles. The second kappa shape index (κ2) is 6.93. The molecule has 20 heavy (non-hydrogen) atoms. The Bertz CT molecular complexity index is 439. The first-order valence-corrected chi connectivity index (χ1v) is 8.11. The van der Waals surface area contributed by atoms with E-state index < -0.39 is 5.60 Å². The first kappa shape index (κ1) is 15.8. The van der Waals surface area contributed by atoms with Crippen LogP contribution in [-0.4, -0.2) is 23.3 Å². The van der Waals surface area contributed by atoms with Crippen molar-refractivity contribution in [2.75, 3.05) is 6.54 Å². The van der Waals surface area contributed by atoms with Gasteiger partial charge in [0.05, 0.1) is 5.60 Å². The van der Waals surface area contributed by atoms with Crippen LogP contribution in [-0.2, 0) is 6.42 Å². The second-order valence-electron chi connectivity index (χ2n) is 6.22. The van der Waals surface area contributed by atoms with Crippen molar-refractivity contribution in [3.8, 4) is 0 Å². The molecule has 2 N–H and O–H groups in total. The number of rotatable bonds is 5. The zero-order chi connectivity index (χ0) is 14.6. The molecule has 0 unspecified atom stereocenters. The molecule has 1 aromatic carbocycles. The van der Waals surface area contributed by atoms with Gasteiger partial charge in [-0.1, -0.05) is 30.7 Å². The predicted octanol–water partition coefficient (Wildman–Crippen LogP) is 3.86. The standard InChI is InChI=1S/C17H26ClNO/c1-3-10-19-15-6-8-17(20,9-7-15)12-14-5-4-13(2)11-16(14)18/h4-5,11,15,19-20H,3,6-10,12H2,1-2H3. The summed E-state index contributed by atoms with van der Waals surface area (Å²) in [5, 5.41) is 15.1. The molecular weight excluding hydrogens is 270 g/mol. The quantitative estimate of drug-likeness (QED) is 0.864. The molecule has 0 aliphatic heterocycles. The van der Waals surface area contributed by atoms with Crippen LogP contribution in [0.2, 0.25) is 5.02 Å². The van der Waals surface area contributed by atoms with Gasteiger partial charge in [-0.25, -0.2) is 0 Å². The molecule has 2 nitrogen and oxygen atoms in total. The largest absolute Gasteiger partial charge is 0.390 e. The summed E-state index contributed by atoms with van der Waals surface area (Å²) in [7, 11) is 0. The Kier molecular flexibility index (Phi) is 5.48. The lowest BCUT2D eigenvalue weighted by Gasteiger charge is -2.36. The maximum atomic E-state index is 10.8. The van der Waals surface area contributed by atoms with Gasteiger partial charge in [-0.2, -0.15) is 0 Å². The minimum Gasteiger partial charge on any atom is -0.390 e. The van der Waals surface area contributed by atoms with Crippen LogP contribution < -0.4 is 5.32 Å². The zero-order valence-electron chi connectivity index (χ0n) is 12.6. The maximum Gasteiger partial charge on any atom is 0.0689 e. The lowest BCUT2D eigenvalue weighted by atomic mass is 9.78. The van der Waals surface area contributed by atoms with Gasteiger partial charge in [0.1, 0.15) is 0 Å². The molecule has 1 aliphatic rings. The number of nitrogens with one attached hydrogen (secondary N) is 1. The summed E-state index contributed by atoms with van der Waals surface area (Å²) >= 11 is 6.28. The summed E-state index contributed by atoms with van der Waals surface area (Å²) in [6, 6.07) is 6.67. The van der Waals surface area contributed by atoms with Gasteiger partial charge in [-0.3, -0.25) is 0 Å². The molecule has 0 spiro atoms. The van der Waals surface area contributed by atoms with Crippen LogP contribution in [0.1, 0.15) is 50.2 Å². The maximum absolute atomic E-state index is 10.8. The second-order valence-corrected chi connectivity index (χ2v) is 6.63. The van der Waals surface area contributed by atoms with Crippen LogP contribution in [0.25, 0.3) is 0 Å². The van der Waals surface area contributed by atoms with Gasteiger partial charge >= 0.3 is 0 Å². The molecule has 1 aliphatic carbocycles. The molecular formula is C17H26ClNO. The highest BCUT2D eigenvalue weighted by molar-refractivity contribution is 6.31. The summed E-state index contributed by atoms with van der Waals surface area (Å²) in [6.45, 7) is 5.30. The van der Waals surface area contributed by atoms with Gasteiger partial charge in [-0.15, -0.1) is 0 Å². The van der Waals surface area contributed by atoms with Crippen LogP contribution in [0.5, 0.6) is 0 Å². The third kappa shape index (κ3) is 4.21. The van der Waals surface area contributed by atoms with E-state index in [4.69, 9.17) is 11.6 Å². The summed E-state index contributed by atoms with van der Waals surface area (Å²) in [4.78, 5) is 0. The van der Waals surface area contributed by atoms with Crippen LogP contribution in [0, 0.1) is 6.92 Å². The number of aryl methyl sites for hydroxylation is 1. The lowest BCUT2D eigenvalue weighted by molar-refractivity contribution is -0.00305. The van der Waals surface area contributed by atoms with Crippen molar-refractivity contribution in [2.24, 2.45) is 0 Å². The van der Waals surface area contributed by atoms with E-state index in [-0.39, 0.29) is 0 Å². The highest BCUT2D eigenvalue weighted by Gasteiger charge is 2.33. The van der Waals surface area contributed by atoms with Crippen molar-refractivity contribution in [2.45, 2.75) is 64.0 Å². The summed E-state index contributed by atoms with van der Waals surface area (Å²) < 4.78 is 0. The number of hydrogen-bond donors (Lipinski definition) is 2. The SMILES string of the molecule is CCCNC1CCC(O)(Cc2ccc(C)cc2Cl)CC1. The Hall–Kier alpha value is -0.570. The summed E-state index contributed by atoms with van der Waals surface area (Å²) in [5.41, 5.74) is 1.65. The molecule has 112 valence electrons. The molecule has 0 saturated heterocycles. The molecule has 1 fully saturated rings. The van der Waals surface area contributed by atoms with Gasteiger partial charge in [0.15, 0.2) is 0 Å². The fourth-order valence-electron chi connectivity index (χ4n) is 3.03. The van der Waals surface area contributed by atoms with E-state index in [0.29, 0.717) is 12.5 Å². The normalized spacial score (nSPS) is 26.7.